The molecule has 2 atom stereocenters. The van der Waals surface area contributed by atoms with Gasteiger partial charge in [-0.15, -0.1) is 0 Å². The topological polar surface area (TPSA) is 38.8 Å². The highest BCUT2D eigenvalue weighted by Crippen LogP contribution is 2.30. The summed E-state index contributed by atoms with van der Waals surface area (Å²) in [7, 11) is 0. The van der Waals surface area contributed by atoms with Crippen LogP contribution in [0.25, 0.3) is 0 Å². The second-order valence-corrected chi connectivity index (χ2v) is 5.15. The van der Waals surface area contributed by atoms with Gasteiger partial charge in [-0.05, 0) is 31.2 Å². The fraction of sp³-hybridized carbons (Fsp3) is 0.533. The molecule has 3 rings (SSSR count). The van der Waals surface area contributed by atoms with Crippen LogP contribution in [0.15, 0.2) is 30.3 Å². The van der Waals surface area contributed by atoms with Crippen LogP contribution in [-0.2, 0) is 16.1 Å². The van der Waals surface area contributed by atoms with Gasteiger partial charge in [0.25, 0.3) is 0 Å². The maximum Gasteiger partial charge on any atom is 0.412 e. The Morgan fingerprint density at radius 2 is 2.11 bits per heavy atom. The van der Waals surface area contributed by atoms with Crippen molar-refractivity contribution >= 4 is 6.09 Å². The van der Waals surface area contributed by atoms with E-state index in [9.17, 15) is 4.79 Å². The van der Waals surface area contributed by atoms with Crippen LogP contribution in [0.1, 0.15) is 31.2 Å². The molecule has 0 aromatic heterocycles. The van der Waals surface area contributed by atoms with Gasteiger partial charge in [0.1, 0.15) is 12.8 Å². The van der Waals surface area contributed by atoms with E-state index in [0.717, 1.165) is 37.9 Å². The molecule has 2 bridgehead atoms. The van der Waals surface area contributed by atoms with Gasteiger partial charge in [0, 0.05) is 6.04 Å². The molecular formula is C15H19NO3. The minimum atomic E-state index is -0.238. The Kier molecular flexibility index (Phi) is 3.69. The summed E-state index contributed by atoms with van der Waals surface area (Å²) < 4.78 is 11.1. The van der Waals surface area contributed by atoms with Gasteiger partial charge in [-0.2, -0.15) is 0 Å². The molecule has 2 fully saturated rings. The number of ether oxygens (including phenoxy) is 2. The summed E-state index contributed by atoms with van der Waals surface area (Å²) in [6.07, 6.45) is 3.75. The summed E-state index contributed by atoms with van der Waals surface area (Å²) in [5.74, 6) is 0. The molecule has 0 spiro atoms. The van der Waals surface area contributed by atoms with Crippen molar-refractivity contribution < 1.29 is 14.3 Å². The van der Waals surface area contributed by atoms with Gasteiger partial charge < -0.3 is 9.47 Å². The summed E-state index contributed by atoms with van der Waals surface area (Å²) >= 11 is 0. The number of rotatable bonds is 2. The fourth-order valence-electron chi connectivity index (χ4n) is 2.89. The molecule has 0 aliphatic carbocycles. The second-order valence-electron chi connectivity index (χ2n) is 5.15. The smallest absolute Gasteiger partial charge is 0.412 e. The van der Waals surface area contributed by atoms with Gasteiger partial charge in [0.2, 0.25) is 0 Å². The first-order valence-corrected chi connectivity index (χ1v) is 6.95. The zero-order valence-electron chi connectivity index (χ0n) is 11.0. The van der Waals surface area contributed by atoms with Crippen molar-refractivity contribution in [2.75, 3.05) is 6.61 Å². The van der Waals surface area contributed by atoms with E-state index in [-0.39, 0.29) is 12.3 Å². The molecule has 2 aliphatic heterocycles. The van der Waals surface area contributed by atoms with E-state index < -0.39 is 0 Å². The van der Waals surface area contributed by atoms with Crippen LogP contribution < -0.4 is 0 Å². The van der Waals surface area contributed by atoms with Crippen LogP contribution >= 0.6 is 0 Å². The van der Waals surface area contributed by atoms with Crippen LogP contribution in [-0.4, -0.2) is 29.9 Å². The maximum absolute atomic E-state index is 12.2. The minimum Gasteiger partial charge on any atom is -0.444 e. The molecule has 2 saturated heterocycles. The van der Waals surface area contributed by atoms with Crippen molar-refractivity contribution in [3.8, 4) is 0 Å². The van der Waals surface area contributed by atoms with E-state index in [1.807, 2.05) is 30.3 Å². The van der Waals surface area contributed by atoms with E-state index in [4.69, 9.17) is 9.47 Å². The summed E-state index contributed by atoms with van der Waals surface area (Å²) in [5, 5.41) is 0. The zero-order valence-corrected chi connectivity index (χ0v) is 11.0. The number of fused-ring (bicyclic) bond motifs is 2. The highest BCUT2D eigenvalue weighted by Gasteiger charge is 2.38. The number of hydrogen-bond donors (Lipinski definition) is 0. The van der Waals surface area contributed by atoms with E-state index in [1.165, 1.54) is 0 Å². The Bertz CT molecular complexity index is 412. The van der Waals surface area contributed by atoms with Crippen LogP contribution in [0, 0.1) is 0 Å². The van der Waals surface area contributed by atoms with E-state index in [2.05, 4.69) is 0 Å². The monoisotopic (exact) mass is 261 g/mol. The molecule has 0 radical (unpaired) electrons. The number of piperidine rings is 1. The number of nitrogens with zero attached hydrogens (tertiary/aromatic N) is 1. The molecule has 1 amide bonds. The number of benzene rings is 1. The minimum absolute atomic E-state index is 0.0734. The molecule has 0 N–H and O–H groups in total. The van der Waals surface area contributed by atoms with Crippen molar-refractivity contribution in [3.05, 3.63) is 35.9 Å². The molecule has 102 valence electrons. The largest absolute Gasteiger partial charge is 0.444 e. The van der Waals surface area contributed by atoms with Gasteiger partial charge in [0.05, 0.1) is 6.61 Å². The van der Waals surface area contributed by atoms with Crippen molar-refractivity contribution in [1.82, 2.24) is 4.90 Å². The molecule has 19 heavy (non-hydrogen) atoms. The Hall–Kier alpha value is -1.55. The lowest BCUT2D eigenvalue weighted by Crippen LogP contribution is -2.55. The van der Waals surface area contributed by atoms with Gasteiger partial charge >= 0.3 is 6.09 Å². The predicted octanol–water partition coefficient (Wildman–Crippen LogP) is 2.92. The van der Waals surface area contributed by atoms with Gasteiger partial charge in [0.15, 0.2) is 0 Å². The molecule has 2 unspecified atom stereocenters. The van der Waals surface area contributed by atoms with Crippen molar-refractivity contribution in [3.63, 3.8) is 0 Å². The Morgan fingerprint density at radius 3 is 2.89 bits per heavy atom. The highest BCUT2D eigenvalue weighted by atomic mass is 16.6. The third kappa shape index (κ3) is 2.73. The van der Waals surface area contributed by atoms with E-state index >= 15 is 0 Å². The maximum atomic E-state index is 12.2. The molecule has 1 aromatic rings. The highest BCUT2D eigenvalue weighted by molar-refractivity contribution is 5.68. The van der Waals surface area contributed by atoms with Crippen LogP contribution in [0.2, 0.25) is 0 Å². The first-order valence-electron chi connectivity index (χ1n) is 6.95. The molecule has 2 aliphatic rings. The fourth-order valence-corrected chi connectivity index (χ4v) is 2.89. The second kappa shape index (κ2) is 5.61. The molecule has 1 aromatic carbocycles. The number of hydrogen-bond acceptors (Lipinski definition) is 3. The first kappa shape index (κ1) is 12.5. The Balaban J connectivity index is 1.60. The number of amides is 1. The SMILES string of the molecule is O=C(OCc1ccccc1)N1C2CCCC1OCC2. The Labute approximate surface area is 113 Å². The van der Waals surface area contributed by atoms with Crippen LogP contribution in [0.5, 0.6) is 0 Å². The lowest BCUT2D eigenvalue weighted by Gasteiger charge is -2.44. The zero-order chi connectivity index (χ0) is 13.1. The molecule has 2 heterocycles. The average molecular weight is 261 g/mol. The summed E-state index contributed by atoms with van der Waals surface area (Å²) in [6.45, 7) is 1.09. The van der Waals surface area contributed by atoms with Crippen LogP contribution in [0.4, 0.5) is 4.79 Å². The first-order chi connectivity index (χ1) is 9.34. The quantitative estimate of drug-likeness (QED) is 0.821. The lowest BCUT2D eigenvalue weighted by molar-refractivity contribution is -0.132. The third-order valence-electron chi connectivity index (χ3n) is 3.87. The predicted molar refractivity (Wildman–Crippen MR) is 70.5 cm³/mol. The summed E-state index contributed by atoms with van der Waals surface area (Å²) in [6, 6.07) is 10.1. The van der Waals surface area contributed by atoms with Gasteiger partial charge in [-0.3, -0.25) is 4.90 Å². The summed E-state index contributed by atoms with van der Waals surface area (Å²) in [5.41, 5.74) is 1.01. The summed E-state index contributed by atoms with van der Waals surface area (Å²) in [4.78, 5) is 14.0. The van der Waals surface area contributed by atoms with Crippen molar-refractivity contribution in [2.45, 2.75) is 44.6 Å². The van der Waals surface area contributed by atoms with Gasteiger partial charge in [-0.25, -0.2) is 4.79 Å². The molecule has 4 heteroatoms. The molecule has 0 saturated carbocycles. The van der Waals surface area contributed by atoms with Crippen LogP contribution in [0.3, 0.4) is 0 Å². The number of carbonyl (C=O) groups is 1. The molecule has 4 nitrogen and oxygen atoms in total. The van der Waals surface area contributed by atoms with Gasteiger partial charge in [-0.1, -0.05) is 30.3 Å². The Morgan fingerprint density at radius 1 is 1.26 bits per heavy atom. The van der Waals surface area contributed by atoms with E-state index in [0.29, 0.717) is 12.6 Å². The van der Waals surface area contributed by atoms with E-state index in [1.54, 1.807) is 4.90 Å². The van der Waals surface area contributed by atoms with Crippen molar-refractivity contribution in [2.24, 2.45) is 0 Å². The van der Waals surface area contributed by atoms with Crippen molar-refractivity contribution in [1.29, 1.82) is 0 Å². The standard InChI is InChI=1S/C15H19NO3/c17-15(19-11-12-5-2-1-3-6-12)16-13-7-4-8-14(16)18-10-9-13/h1-3,5-6,13-14H,4,7-11H2. The average Bonchev–Trinajstić information content (AvgIpc) is 2.45. The third-order valence-corrected chi connectivity index (χ3v) is 3.87. The lowest BCUT2D eigenvalue weighted by atomic mass is 9.97. The normalized spacial score (nSPS) is 26.0. The number of carbonyl (C=O) groups excluding carboxylic acids is 1. The molecular weight excluding hydrogens is 242 g/mol.